The Morgan fingerprint density at radius 3 is 1.67 bits per heavy atom. The summed E-state index contributed by atoms with van der Waals surface area (Å²) in [6, 6.07) is 0. The molecule has 4 heteroatoms. The molecule has 0 radical (unpaired) electrons. The van der Waals surface area contributed by atoms with Gasteiger partial charge >= 0.3 is 71.9 Å². The van der Waals surface area contributed by atoms with Gasteiger partial charge < -0.3 is 0 Å². The summed E-state index contributed by atoms with van der Waals surface area (Å²) in [6.45, 7) is 3.84. The first-order valence-electron chi connectivity index (χ1n) is 2.59. The topological polar surface area (TPSA) is 34.1 Å². The quantitative estimate of drug-likeness (QED) is 0.742. The molecule has 0 saturated heterocycles. The zero-order valence-corrected chi connectivity index (χ0v) is 8.42. The zero-order chi connectivity index (χ0) is 7.28. The molecular weight excluding hydrogens is 305 g/mol. The number of hydrogen-bond acceptors (Lipinski definition) is 2. The van der Waals surface area contributed by atoms with Gasteiger partial charge in [0, 0.05) is 0 Å². The Kier molecular flexibility index (Phi) is 6.27. The van der Waals surface area contributed by atoms with Crippen LogP contribution in [0.25, 0.3) is 0 Å². The summed E-state index contributed by atoms with van der Waals surface area (Å²) >= 11 is -0.844. The molecule has 0 amide bonds. The molecule has 2 unspecified atom stereocenters. The van der Waals surface area contributed by atoms with Crippen LogP contribution in [-0.2, 0) is 42.8 Å². The summed E-state index contributed by atoms with van der Waals surface area (Å²) in [4.78, 5) is 0. The van der Waals surface area contributed by atoms with Crippen molar-refractivity contribution in [1.82, 2.24) is 0 Å². The molecule has 0 saturated carbocycles. The van der Waals surface area contributed by atoms with Crippen LogP contribution < -0.4 is 0 Å². The van der Waals surface area contributed by atoms with Crippen LogP contribution in [0, 0.1) is 0 Å². The van der Waals surface area contributed by atoms with E-state index in [0.29, 0.717) is 0 Å². The van der Waals surface area contributed by atoms with E-state index in [1.165, 1.54) is 0 Å². The van der Waals surface area contributed by atoms with Crippen LogP contribution in [0.15, 0.2) is 0 Å². The average Bonchev–Trinajstić information content (AvgIpc) is 1.87. The minimum atomic E-state index is -0.422. The molecule has 0 bridgehead atoms. The van der Waals surface area contributed by atoms with Crippen molar-refractivity contribution in [3.05, 3.63) is 0 Å². The Balaban J connectivity index is 3.45. The number of rotatable bonds is 4. The van der Waals surface area contributed by atoms with E-state index in [9.17, 15) is 6.94 Å². The first-order chi connectivity index (χ1) is 4.20. The van der Waals surface area contributed by atoms with Crippen molar-refractivity contribution < 1.29 is 42.8 Å². The van der Waals surface area contributed by atoms with E-state index in [1.807, 2.05) is 13.8 Å². The Morgan fingerprint density at radius 1 is 1.11 bits per heavy atom. The molecule has 62 valence electrons. The Morgan fingerprint density at radius 2 is 1.44 bits per heavy atom. The van der Waals surface area contributed by atoms with Gasteiger partial charge in [-0.25, -0.2) is 0 Å². The SMILES string of the molecule is C[CH](C[CH](C)[Pd]=[O])[Pd]=[O]. The molecule has 0 fully saturated rings. The normalized spacial score (nSPS) is 18.0. The summed E-state index contributed by atoms with van der Waals surface area (Å²) in [5.74, 6) is 0. The van der Waals surface area contributed by atoms with E-state index in [2.05, 4.69) is 0 Å². The van der Waals surface area contributed by atoms with Crippen molar-refractivity contribution in [2.45, 2.75) is 29.0 Å². The van der Waals surface area contributed by atoms with E-state index in [-0.39, 0.29) is 8.78 Å². The van der Waals surface area contributed by atoms with Gasteiger partial charge in [-0.1, -0.05) is 0 Å². The fourth-order valence-corrected chi connectivity index (χ4v) is 2.30. The van der Waals surface area contributed by atoms with E-state index >= 15 is 0 Å². The second kappa shape index (κ2) is 5.69. The van der Waals surface area contributed by atoms with Gasteiger partial charge in [-0.05, 0) is 0 Å². The average molecular weight is 315 g/mol. The molecule has 0 aromatic carbocycles. The van der Waals surface area contributed by atoms with Crippen LogP contribution in [0.3, 0.4) is 0 Å². The first-order valence-corrected chi connectivity index (χ1v) is 5.66. The van der Waals surface area contributed by atoms with Crippen LogP contribution >= 0.6 is 0 Å². The summed E-state index contributed by atoms with van der Waals surface area (Å²) < 4.78 is 20.9. The van der Waals surface area contributed by atoms with Crippen LogP contribution in [0.4, 0.5) is 0 Å². The molecule has 0 aromatic rings. The molecular formula is C5H10O2Pd2. The Bertz CT molecular complexity index is 93.1. The maximum atomic E-state index is 10.2. The van der Waals surface area contributed by atoms with Gasteiger partial charge in [-0.2, -0.15) is 0 Å². The van der Waals surface area contributed by atoms with Gasteiger partial charge in [-0.3, -0.25) is 0 Å². The van der Waals surface area contributed by atoms with E-state index in [0.717, 1.165) is 6.42 Å². The fourth-order valence-electron chi connectivity index (χ4n) is 0.469. The Labute approximate surface area is 71.7 Å². The molecule has 0 heterocycles. The molecule has 0 spiro atoms. The second-order valence-electron chi connectivity index (χ2n) is 1.82. The third kappa shape index (κ3) is 5.37. The molecule has 9 heavy (non-hydrogen) atoms. The van der Waals surface area contributed by atoms with E-state index in [1.54, 1.807) is 0 Å². The standard InChI is InChI=1S/C5H10.2O.2Pd/c1-3-5-4-2;;;;/h3-4H,5H2,1-2H3;;;;. The summed E-state index contributed by atoms with van der Waals surface area (Å²) in [5, 5.41) is 0. The van der Waals surface area contributed by atoms with Crippen LogP contribution in [-0.4, -0.2) is 0 Å². The molecule has 0 aromatic heterocycles. The maximum absolute atomic E-state index is 10.2. The molecule has 0 aliphatic rings. The molecule has 0 N–H and O–H groups in total. The molecule has 0 aliphatic carbocycles. The van der Waals surface area contributed by atoms with Gasteiger partial charge in [0.05, 0.1) is 0 Å². The van der Waals surface area contributed by atoms with Crippen molar-refractivity contribution >= 4 is 0 Å². The zero-order valence-electron chi connectivity index (χ0n) is 5.31. The molecule has 2 atom stereocenters. The van der Waals surface area contributed by atoms with Crippen molar-refractivity contribution in [2.75, 3.05) is 0 Å². The van der Waals surface area contributed by atoms with Crippen molar-refractivity contribution in [3.63, 3.8) is 0 Å². The van der Waals surface area contributed by atoms with Gasteiger partial charge in [0.2, 0.25) is 0 Å². The van der Waals surface area contributed by atoms with Gasteiger partial charge in [-0.15, -0.1) is 0 Å². The van der Waals surface area contributed by atoms with Crippen molar-refractivity contribution in [2.24, 2.45) is 0 Å². The molecule has 2 nitrogen and oxygen atoms in total. The minimum absolute atomic E-state index is 0.237. The van der Waals surface area contributed by atoms with E-state index < -0.39 is 35.9 Å². The third-order valence-corrected chi connectivity index (χ3v) is 2.86. The van der Waals surface area contributed by atoms with Crippen molar-refractivity contribution in [1.29, 1.82) is 0 Å². The summed E-state index contributed by atoms with van der Waals surface area (Å²) in [5.41, 5.74) is 0. The predicted molar refractivity (Wildman–Crippen MR) is 24.8 cm³/mol. The summed E-state index contributed by atoms with van der Waals surface area (Å²) in [6.07, 6.45) is 0.829. The van der Waals surface area contributed by atoms with Gasteiger partial charge in [0.1, 0.15) is 0 Å². The van der Waals surface area contributed by atoms with Gasteiger partial charge in [0.15, 0.2) is 0 Å². The predicted octanol–water partition coefficient (Wildman–Crippen LogP) is 1.85. The van der Waals surface area contributed by atoms with Crippen LogP contribution in [0.5, 0.6) is 0 Å². The molecule has 0 aliphatic heterocycles. The summed E-state index contributed by atoms with van der Waals surface area (Å²) in [7, 11) is 0. The second-order valence-corrected chi connectivity index (χ2v) is 5.62. The fraction of sp³-hybridized carbons (Fsp3) is 1.00. The molecule has 0 rings (SSSR count). The van der Waals surface area contributed by atoms with E-state index in [4.69, 9.17) is 0 Å². The van der Waals surface area contributed by atoms with Crippen molar-refractivity contribution in [3.8, 4) is 0 Å². The number of hydrogen-bond donors (Lipinski definition) is 0. The van der Waals surface area contributed by atoms with Crippen LogP contribution in [0.1, 0.15) is 20.3 Å². The van der Waals surface area contributed by atoms with Crippen LogP contribution in [0.2, 0.25) is 8.78 Å². The monoisotopic (exact) mass is 314 g/mol. The third-order valence-electron chi connectivity index (χ3n) is 0.875. The van der Waals surface area contributed by atoms with Gasteiger partial charge in [0.25, 0.3) is 0 Å². The first kappa shape index (κ1) is 9.92. The Hall–Kier alpha value is 0.925.